The van der Waals surface area contributed by atoms with E-state index in [0.29, 0.717) is 18.7 Å². The Morgan fingerprint density at radius 3 is 2.71 bits per heavy atom. The first kappa shape index (κ1) is 23.7. The second-order valence-corrected chi connectivity index (χ2v) is 8.56. The summed E-state index contributed by atoms with van der Waals surface area (Å²) in [5.74, 6) is -1.27. The summed E-state index contributed by atoms with van der Waals surface area (Å²) >= 11 is 0. The number of hydrazine groups is 1. The monoisotopic (exact) mass is 467 g/mol. The number of aryl methyl sites for hydroxylation is 1. The predicted molar refractivity (Wildman–Crippen MR) is 125 cm³/mol. The number of aromatic nitrogens is 2. The van der Waals surface area contributed by atoms with Gasteiger partial charge in [-0.2, -0.15) is 5.10 Å². The molecule has 0 radical (unpaired) electrons. The number of halogens is 2. The minimum Gasteiger partial charge on any atom is -0.340 e. The van der Waals surface area contributed by atoms with Crippen LogP contribution in [0.15, 0.2) is 59.4 Å². The Morgan fingerprint density at radius 2 is 1.94 bits per heavy atom. The molecule has 0 aliphatic carbocycles. The molecule has 0 spiro atoms. The van der Waals surface area contributed by atoms with Crippen LogP contribution < -0.4 is 16.3 Å². The zero-order valence-corrected chi connectivity index (χ0v) is 19.1. The summed E-state index contributed by atoms with van der Waals surface area (Å²) in [4.78, 5) is 26.9. The molecule has 1 aliphatic rings. The van der Waals surface area contributed by atoms with Gasteiger partial charge in [0, 0.05) is 37.4 Å². The Morgan fingerprint density at radius 1 is 1.15 bits per heavy atom. The lowest BCUT2D eigenvalue weighted by atomic mass is 9.99. The first-order valence-electron chi connectivity index (χ1n) is 11.2. The Kier molecular flexibility index (Phi) is 7.14. The molecule has 178 valence electrons. The smallest absolute Gasteiger partial charge is 0.278 e. The molecule has 2 aromatic carbocycles. The molecule has 4 rings (SSSR count). The highest BCUT2D eigenvalue weighted by molar-refractivity contribution is 5.91. The van der Waals surface area contributed by atoms with Crippen molar-refractivity contribution in [3.63, 3.8) is 0 Å². The van der Waals surface area contributed by atoms with Crippen LogP contribution in [-0.2, 0) is 0 Å². The third-order valence-electron chi connectivity index (χ3n) is 6.02. The number of rotatable bonds is 7. The van der Waals surface area contributed by atoms with Crippen molar-refractivity contribution < 1.29 is 13.6 Å². The number of nitrogens with zero attached hydrogens (tertiary/aromatic N) is 3. The van der Waals surface area contributed by atoms with E-state index in [9.17, 15) is 18.4 Å². The van der Waals surface area contributed by atoms with Gasteiger partial charge in [-0.05, 0) is 56.0 Å². The molecule has 2 N–H and O–H groups in total. The molecule has 1 fully saturated rings. The van der Waals surface area contributed by atoms with Crippen molar-refractivity contribution in [1.82, 2.24) is 25.5 Å². The normalized spacial score (nSPS) is 17.6. The van der Waals surface area contributed by atoms with Gasteiger partial charge >= 0.3 is 0 Å². The number of carbonyl (C=O) groups excluding carboxylic acids is 1. The number of carbonyl (C=O) groups is 1. The third kappa shape index (κ3) is 5.21. The average molecular weight is 468 g/mol. The molecule has 1 saturated heterocycles. The van der Waals surface area contributed by atoms with Gasteiger partial charge in [-0.15, -0.1) is 0 Å². The van der Waals surface area contributed by atoms with Gasteiger partial charge in [-0.25, -0.2) is 13.5 Å². The third-order valence-corrected chi connectivity index (χ3v) is 6.02. The fraction of sp³-hybridized carbons (Fsp3) is 0.320. The summed E-state index contributed by atoms with van der Waals surface area (Å²) in [6.07, 6.45) is 2.29. The van der Waals surface area contributed by atoms with Crippen molar-refractivity contribution in [3.05, 3.63) is 93.4 Å². The zero-order valence-electron chi connectivity index (χ0n) is 19.1. The first-order chi connectivity index (χ1) is 16.3. The van der Waals surface area contributed by atoms with Gasteiger partial charge in [0.15, 0.2) is 5.69 Å². The first-order valence-corrected chi connectivity index (χ1v) is 11.2. The lowest BCUT2D eigenvalue weighted by Crippen LogP contribution is -2.35. The maximum atomic E-state index is 14.3. The van der Waals surface area contributed by atoms with Crippen molar-refractivity contribution >= 4 is 5.91 Å². The van der Waals surface area contributed by atoms with E-state index in [1.807, 2.05) is 6.07 Å². The Bertz CT molecular complexity index is 1250. The van der Waals surface area contributed by atoms with Gasteiger partial charge in [0.1, 0.15) is 17.3 Å². The molecular weight excluding hydrogens is 440 g/mol. The number of hydrogen-bond donors (Lipinski definition) is 2. The molecule has 2 atom stereocenters. The Labute approximate surface area is 196 Å². The molecule has 0 saturated carbocycles. The summed E-state index contributed by atoms with van der Waals surface area (Å²) in [5, 5.41) is 4.18. The van der Waals surface area contributed by atoms with Crippen LogP contribution in [0.4, 0.5) is 8.78 Å². The van der Waals surface area contributed by atoms with Crippen LogP contribution in [0.1, 0.15) is 47.1 Å². The highest BCUT2D eigenvalue weighted by Gasteiger charge is 2.25. The summed E-state index contributed by atoms with van der Waals surface area (Å²) in [6, 6.07) is 14.1. The number of amides is 1. The fourth-order valence-electron chi connectivity index (χ4n) is 4.17. The van der Waals surface area contributed by atoms with Gasteiger partial charge in [0.25, 0.3) is 5.91 Å². The lowest BCUT2D eigenvalue weighted by Gasteiger charge is -2.19. The summed E-state index contributed by atoms with van der Waals surface area (Å²) in [5.41, 5.74) is 7.17. The van der Waals surface area contributed by atoms with Crippen LogP contribution in [0.5, 0.6) is 0 Å². The molecule has 34 heavy (non-hydrogen) atoms. The van der Waals surface area contributed by atoms with Crippen LogP contribution >= 0.6 is 0 Å². The highest BCUT2D eigenvalue weighted by atomic mass is 19.1. The van der Waals surface area contributed by atoms with Crippen LogP contribution in [0.25, 0.3) is 5.69 Å². The Balaban J connectivity index is 1.37. The van der Waals surface area contributed by atoms with Gasteiger partial charge in [-0.1, -0.05) is 24.3 Å². The van der Waals surface area contributed by atoms with Crippen LogP contribution in [0.2, 0.25) is 0 Å². The van der Waals surface area contributed by atoms with Crippen molar-refractivity contribution in [1.29, 1.82) is 0 Å². The van der Waals surface area contributed by atoms with Crippen LogP contribution in [0.3, 0.4) is 0 Å². The number of nitrogens with one attached hydrogen (secondary N) is 2. The van der Waals surface area contributed by atoms with E-state index in [2.05, 4.69) is 16.0 Å². The minimum atomic E-state index is -0.509. The number of hydrogen-bond acceptors (Lipinski definition) is 5. The lowest BCUT2D eigenvalue weighted by molar-refractivity contribution is 0.0782. The molecule has 7 nitrogen and oxygen atoms in total. The number of para-hydroxylation sites is 1. The van der Waals surface area contributed by atoms with E-state index in [-0.39, 0.29) is 29.3 Å². The maximum absolute atomic E-state index is 14.3. The van der Waals surface area contributed by atoms with Crippen molar-refractivity contribution in [2.24, 2.45) is 0 Å². The summed E-state index contributed by atoms with van der Waals surface area (Å²) in [7, 11) is 1.62. The van der Waals surface area contributed by atoms with E-state index in [0.717, 1.165) is 18.4 Å². The average Bonchev–Trinajstić information content (AvgIpc) is 3.28. The van der Waals surface area contributed by atoms with Crippen molar-refractivity contribution in [2.45, 2.75) is 38.3 Å². The van der Waals surface area contributed by atoms with E-state index < -0.39 is 17.2 Å². The van der Waals surface area contributed by atoms with E-state index in [1.165, 1.54) is 39.9 Å². The fourth-order valence-corrected chi connectivity index (χ4v) is 4.17. The van der Waals surface area contributed by atoms with Gasteiger partial charge in [-0.3, -0.25) is 20.4 Å². The molecule has 1 aliphatic heterocycles. The van der Waals surface area contributed by atoms with Gasteiger partial charge in [0.05, 0.1) is 0 Å². The minimum absolute atomic E-state index is 0.0219. The maximum Gasteiger partial charge on any atom is 0.278 e. The predicted octanol–water partition coefficient (Wildman–Crippen LogP) is 3.28. The quantitative estimate of drug-likeness (QED) is 0.558. The molecule has 9 heteroatoms. The molecule has 0 bridgehead atoms. The SMILES string of the molecule is Cc1cc(=O)c(C(=O)N(C)CCCC2CC(c3cccc(F)c3)NN2)nn1-c1ccccc1F. The standard InChI is InChI=1S/C25H27F2N5O2/c1-16-13-23(33)24(30-32(16)22-11-4-3-10-20(22)27)25(34)31(2)12-6-9-19-15-21(29-28-19)17-7-5-8-18(26)14-17/h3-5,7-8,10-11,13-14,19,21,28-29H,6,9,12,15H2,1-2H3. The zero-order chi connectivity index (χ0) is 24.2. The molecule has 1 amide bonds. The van der Waals surface area contributed by atoms with Gasteiger partial charge in [0.2, 0.25) is 5.43 Å². The second-order valence-electron chi connectivity index (χ2n) is 8.56. The molecule has 1 aromatic heterocycles. The second kappa shape index (κ2) is 10.2. The molecule has 2 unspecified atom stereocenters. The van der Waals surface area contributed by atoms with Crippen LogP contribution in [0, 0.1) is 18.6 Å². The largest absolute Gasteiger partial charge is 0.340 e. The summed E-state index contributed by atoms with van der Waals surface area (Å²) < 4.78 is 29.0. The Hall–Kier alpha value is -3.43. The number of benzene rings is 2. The topological polar surface area (TPSA) is 79.3 Å². The molecule has 2 heterocycles. The molecule has 3 aromatic rings. The highest BCUT2D eigenvalue weighted by Crippen LogP contribution is 2.24. The van der Waals surface area contributed by atoms with Crippen LogP contribution in [-0.4, -0.2) is 40.2 Å². The van der Waals surface area contributed by atoms with E-state index in [1.54, 1.807) is 32.2 Å². The van der Waals surface area contributed by atoms with E-state index in [4.69, 9.17) is 0 Å². The van der Waals surface area contributed by atoms with Gasteiger partial charge < -0.3 is 4.90 Å². The summed E-state index contributed by atoms with van der Waals surface area (Å²) in [6.45, 7) is 2.06. The molecular formula is C25H27F2N5O2. The van der Waals surface area contributed by atoms with E-state index >= 15 is 0 Å². The van der Waals surface area contributed by atoms with Crippen molar-refractivity contribution in [2.75, 3.05) is 13.6 Å². The van der Waals surface area contributed by atoms with Crippen molar-refractivity contribution in [3.8, 4) is 5.69 Å².